The summed E-state index contributed by atoms with van der Waals surface area (Å²) in [5.74, 6) is -0.381. The second kappa shape index (κ2) is 5.38. The lowest BCUT2D eigenvalue weighted by Crippen LogP contribution is -1.92. The van der Waals surface area contributed by atoms with Crippen molar-refractivity contribution >= 4 is 5.70 Å². The first-order valence-corrected chi connectivity index (χ1v) is 5.73. The minimum Gasteiger partial charge on any atom is -0.207 e. The number of azide groups is 1. The highest BCUT2D eigenvalue weighted by atomic mass is 19.1. The quantitative estimate of drug-likeness (QED) is 0.416. The van der Waals surface area contributed by atoms with E-state index in [1.54, 1.807) is 0 Å². The Balaban J connectivity index is 2.64. The first kappa shape index (κ1) is 12.9. The van der Waals surface area contributed by atoms with Gasteiger partial charge in [-0.3, -0.25) is 0 Å². The molecule has 0 heterocycles. The number of nitrogens with zero attached hydrogens (tertiary/aromatic N) is 3. The highest BCUT2D eigenvalue weighted by molar-refractivity contribution is 5.76. The molecule has 0 N–H and O–H groups in total. The SMILES string of the molecule is C=C(N=[N+]=[N-])c1cc(F)cc(-c2ccccc2)c1C. The molecule has 2 aromatic rings. The van der Waals surface area contributed by atoms with Crippen LogP contribution in [0.4, 0.5) is 4.39 Å². The Morgan fingerprint density at radius 1 is 1.26 bits per heavy atom. The average molecular weight is 253 g/mol. The zero-order valence-corrected chi connectivity index (χ0v) is 10.5. The second-order valence-corrected chi connectivity index (χ2v) is 4.13. The van der Waals surface area contributed by atoms with Crippen molar-refractivity contribution in [1.29, 1.82) is 0 Å². The van der Waals surface area contributed by atoms with E-state index >= 15 is 0 Å². The maximum absolute atomic E-state index is 13.7. The van der Waals surface area contributed by atoms with E-state index in [1.807, 2.05) is 37.3 Å². The average Bonchev–Trinajstić information content (AvgIpc) is 2.42. The van der Waals surface area contributed by atoms with Gasteiger partial charge in [-0.1, -0.05) is 42.0 Å². The van der Waals surface area contributed by atoms with Gasteiger partial charge in [0.15, 0.2) is 0 Å². The van der Waals surface area contributed by atoms with Crippen molar-refractivity contribution < 1.29 is 4.39 Å². The van der Waals surface area contributed by atoms with Crippen molar-refractivity contribution in [2.45, 2.75) is 6.92 Å². The Kier molecular flexibility index (Phi) is 3.64. The molecule has 0 aliphatic carbocycles. The van der Waals surface area contributed by atoms with Gasteiger partial charge in [-0.05, 0) is 46.8 Å². The molecule has 2 aromatic carbocycles. The molecule has 0 aromatic heterocycles. The van der Waals surface area contributed by atoms with Gasteiger partial charge in [0.2, 0.25) is 0 Å². The topological polar surface area (TPSA) is 48.8 Å². The van der Waals surface area contributed by atoms with Crippen molar-refractivity contribution in [2.24, 2.45) is 5.11 Å². The molecule has 4 heteroatoms. The van der Waals surface area contributed by atoms with E-state index in [9.17, 15) is 4.39 Å². The molecule has 0 bridgehead atoms. The summed E-state index contributed by atoms with van der Waals surface area (Å²) in [6, 6.07) is 12.3. The molecule has 0 fully saturated rings. The third-order valence-corrected chi connectivity index (χ3v) is 2.93. The van der Waals surface area contributed by atoms with Crippen LogP contribution in [0.5, 0.6) is 0 Å². The van der Waals surface area contributed by atoms with Crippen molar-refractivity contribution in [3.05, 3.63) is 76.4 Å². The smallest absolute Gasteiger partial charge is 0.124 e. The van der Waals surface area contributed by atoms with Crippen LogP contribution in [-0.2, 0) is 0 Å². The van der Waals surface area contributed by atoms with Crippen molar-refractivity contribution in [2.75, 3.05) is 0 Å². The summed E-state index contributed by atoms with van der Waals surface area (Å²) in [5.41, 5.74) is 11.7. The predicted molar refractivity (Wildman–Crippen MR) is 74.8 cm³/mol. The molecule has 0 unspecified atom stereocenters. The molecule has 0 saturated carbocycles. The second-order valence-electron chi connectivity index (χ2n) is 4.13. The van der Waals surface area contributed by atoms with Gasteiger partial charge >= 0.3 is 0 Å². The third kappa shape index (κ3) is 2.64. The van der Waals surface area contributed by atoms with E-state index in [0.717, 1.165) is 16.7 Å². The summed E-state index contributed by atoms with van der Waals surface area (Å²) in [5, 5.41) is 3.45. The first-order valence-electron chi connectivity index (χ1n) is 5.73. The Morgan fingerprint density at radius 2 is 1.95 bits per heavy atom. The van der Waals surface area contributed by atoms with Gasteiger partial charge in [0.25, 0.3) is 0 Å². The maximum atomic E-state index is 13.7. The molecule has 0 saturated heterocycles. The normalized spacial score (nSPS) is 9.79. The van der Waals surface area contributed by atoms with Gasteiger partial charge < -0.3 is 0 Å². The van der Waals surface area contributed by atoms with Crippen LogP contribution in [0.1, 0.15) is 11.1 Å². The number of halogens is 1. The van der Waals surface area contributed by atoms with E-state index < -0.39 is 0 Å². The van der Waals surface area contributed by atoms with Crippen LogP contribution in [0.2, 0.25) is 0 Å². The van der Waals surface area contributed by atoms with Crippen molar-refractivity contribution in [3.8, 4) is 11.1 Å². The predicted octanol–water partition coefficient (Wildman–Crippen LogP) is 5.08. The molecular formula is C15H12FN3. The summed E-state index contributed by atoms with van der Waals surface area (Å²) in [6.07, 6.45) is 0. The lowest BCUT2D eigenvalue weighted by atomic mass is 9.95. The van der Waals surface area contributed by atoms with E-state index in [2.05, 4.69) is 16.6 Å². The summed E-state index contributed by atoms with van der Waals surface area (Å²) >= 11 is 0. The van der Waals surface area contributed by atoms with E-state index in [0.29, 0.717) is 5.56 Å². The lowest BCUT2D eigenvalue weighted by molar-refractivity contribution is 0.627. The first-order chi connectivity index (χ1) is 9.13. The molecule has 0 radical (unpaired) electrons. The molecule has 0 atom stereocenters. The molecule has 0 amide bonds. The Hall–Kier alpha value is -2.58. The number of hydrogen-bond acceptors (Lipinski definition) is 1. The fourth-order valence-electron chi connectivity index (χ4n) is 2.00. The van der Waals surface area contributed by atoms with Crippen LogP contribution in [0, 0.1) is 12.7 Å². The maximum Gasteiger partial charge on any atom is 0.124 e. The van der Waals surface area contributed by atoms with Gasteiger partial charge in [0.05, 0.1) is 0 Å². The number of hydrogen-bond donors (Lipinski definition) is 0. The fraction of sp³-hybridized carbons (Fsp3) is 0.0667. The lowest BCUT2D eigenvalue weighted by Gasteiger charge is -2.12. The standard InChI is InChI=1S/C15H12FN3/c1-10-14(11(2)18-19-17)8-13(16)9-15(10)12-6-4-3-5-7-12/h3-9H,2H2,1H3. The van der Waals surface area contributed by atoms with E-state index in [-0.39, 0.29) is 11.5 Å². The minimum absolute atomic E-state index is 0.219. The van der Waals surface area contributed by atoms with Crippen molar-refractivity contribution in [1.82, 2.24) is 0 Å². The summed E-state index contributed by atoms with van der Waals surface area (Å²) in [6.45, 7) is 5.52. The summed E-state index contributed by atoms with van der Waals surface area (Å²) in [4.78, 5) is 2.69. The Morgan fingerprint density at radius 3 is 2.58 bits per heavy atom. The number of rotatable bonds is 3. The van der Waals surface area contributed by atoms with Crippen LogP contribution in [0.3, 0.4) is 0 Å². The third-order valence-electron chi connectivity index (χ3n) is 2.93. The van der Waals surface area contributed by atoms with Gasteiger partial charge in [0, 0.05) is 10.6 Å². The van der Waals surface area contributed by atoms with Crippen LogP contribution in [0.15, 0.2) is 54.2 Å². The summed E-state index contributed by atoms with van der Waals surface area (Å²) in [7, 11) is 0. The molecule has 19 heavy (non-hydrogen) atoms. The number of benzene rings is 2. The van der Waals surface area contributed by atoms with Crippen molar-refractivity contribution in [3.63, 3.8) is 0 Å². The summed E-state index contributed by atoms with van der Waals surface area (Å²) < 4.78 is 13.7. The zero-order valence-electron chi connectivity index (χ0n) is 10.5. The van der Waals surface area contributed by atoms with Crippen LogP contribution >= 0.6 is 0 Å². The molecule has 94 valence electrons. The van der Waals surface area contributed by atoms with Gasteiger partial charge in [-0.25, -0.2) is 4.39 Å². The van der Waals surface area contributed by atoms with Crippen LogP contribution in [-0.4, -0.2) is 0 Å². The molecule has 2 rings (SSSR count). The van der Waals surface area contributed by atoms with Gasteiger partial charge in [0.1, 0.15) is 5.82 Å². The molecular weight excluding hydrogens is 241 g/mol. The highest BCUT2D eigenvalue weighted by Gasteiger charge is 2.10. The van der Waals surface area contributed by atoms with E-state index in [4.69, 9.17) is 5.53 Å². The van der Waals surface area contributed by atoms with Crippen LogP contribution in [0.25, 0.3) is 27.3 Å². The minimum atomic E-state index is -0.381. The monoisotopic (exact) mass is 253 g/mol. The van der Waals surface area contributed by atoms with E-state index in [1.165, 1.54) is 12.1 Å². The molecule has 3 nitrogen and oxygen atoms in total. The highest BCUT2D eigenvalue weighted by Crippen LogP contribution is 2.30. The zero-order chi connectivity index (χ0) is 13.8. The van der Waals surface area contributed by atoms with Gasteiger partial charge in [-0.15, -0.1) is 0 Å². The van der Waals surface area contributed by atoms with Crippen LogP contribution < -0.4 is 0 Å². The fourth-order valence-corrected chi connectivity index (χ4v) is 2.00. The molecule has 0 aliphatic rings. The largest absolute Gasteiger partial charge is 0.207 e. The molecule has 0 spiro atoms. The van der Waals surface area contributed by atoms with Gasteiger partial charge in [-0.2, -0.15) is 0 Å². The molecule has 0 aliphatic heterocycles. The Labute approximate surface area is 110 Å². The Bertz CT molecular complexity index is 671.